The van der Waals surface area contributed by atoms with E-state index in [4.69, 9.17) is 9.47 Å². The molecule has 2 aliphatic heterocycles. The van der Waals surface area contributed by atoms with Gasteiger partial charge in [0.25, 0.3) is 0 Å². The van der Waals surface area contributed by atoms with E-state index in [-0.39, 0.29) is 5.92 Å². The summed E-state index contributed by atoms with van der Waals surface area (Å²) in [5, 5.41) is 10.5. The highest BCUT2D eigenvalue weighted by Gasteiger charge is 2.43. The number of ether oxygens (including phenoxy) is 2. The standard InChI is InChI=1S/C14H27NO3/c1-3-17-10-8-15-7-4-5-13(15)12-11-18-9-6-14(12,2)16/h12-13,16H,3-11H2,1-2H3/t12-,13+,14-/m0/s1. The first kappa shape index (κ1) is 14.3. The van der Waals surface area contributed by atoms with E-state index in [2.05, 4.69) is 4.90 Å². The van der Waals surface area contributed by atoms with Crippen LogP contribution >= 0.6 is 0 Å². The van der Waals surface area contributed by atoms with Gasteiger partial charge in [0.2, 0.25) is 0 Å². The van der Waals surface area contributed by atoms with E-state index in [0.29, 0.717) is 19.3 Å². The summed E-state index contributed by atoms with van der Waals surface area (Å²) in [6.45, 7) is 9.07. The minimum absolute atomic E-state index is 0.246. The third kappa shape index (κ3) is 3.23. The van der Waals surface area contributed by atoms with Gasteiger partial charge < -0.3 is 14.6 Å². The van der Waals surface area contributed by atoms with Crippen molar-refractivity contribution >= 4 is 0 Å². The number of nitrogens with zero attached hydrogens (tertiary/aromatic N) is 1. The smallest absolute Gasteiger partial charge is 0.0706 e. The zero-order chi connectivity index (χ0) is 13.0. The Morgan fingerprint density at radius 1 is 1.50 bits per heavy atom. The van der Waals surface area contributed by atoms with Crippen molar-refractivity contribution < 1.29 is 14.6 Å². The van der Waals surface area contributed by atoms with Gasteiger partial charge in [-0.05, 0) is 39.7 Å². The molecule has 3 atom stereocenters. The Kier molecular flexibility index (Phi) is 5.01. The van der Waals surface area contributed by atoms with E-state index in [0.717, 1.165) is 32.7 Å². The van der Waals surface area contributed by atoms with Crippen LogP contribution < -0.4 is 0 Å². The molecule has 0 amide bonds. The quantitative estimate of drug-likeness (QED) is 0.753. The summed E-state index contributed by atoms with van der Waals surface area (Å²) in [5.74, 6) is 0.246. The van der Waals surface area contributed by atoms with Crippen molar-refractivity contribution in [2.75, 3.05) is 39.5 Å². The first-order valence-electron chi connectivity index (χ1n) is 7.27. The van der Waals surface area contributed by atoms with E-state index in [1.807, 2.05) is 13.8 Å². The lowest BCUT2D eigenvalue weighted by Gasteiger charge is -2.43. The summed E-state index contributed by atoms with van der Waals surface area (Å²) in [6.07, 6.45) is 3.16. The van der Waals surface area contributed by atoms with Gasteiger partial charge in [-0.3, -0.25) is 4.90 Å². The van der Waals surface area contributed by atoms with Gasteiger partial charge in [-0.25, -0.2) is 0 Å². The van der Waals surface area contributed by atoms with Crippen LogP contribution in [0.2, 0.25) is 0 Å². The van der Waals surface area contributed by atoms with Crippen molar-refractivity contribution in [1.82, 2.24) is 4.90 Å². The van der Waals surface area contributed by atoms with Crippen LogP contribution in [0.4, 0.5) is 0 Å². The Hall–Kier alpha value is -0.160. The van der Waals surface area contributed by atoms with Gasteiger partial charge in [-0.1, -0.05) is 0 Å². The van der Waals surface area contributed by atoms with Crippen molar-refractivity contribution in [3.05, 3.63) is 0 Å². The predicted molar refractivity (Wildman–Crippen MR) is 70.6 cm³/mol. The fraction of sp³-hybridized carbons (Fsp3) is 1.00. The Bertz CT molecular complexity index is 257. The van der Waals surface area contributed by atoms with Crippen LogP contribution in [0.1, 0.15) is 33.1 Å². The number of hydrogen-bond donors (Lipinski definition) is 1. The molecule has 2 fully saturated rings. The van der Waals surface area contributed by atoms with Crippen LogP contribution in [-0.2, 0) is 9.47 Å². The molecule has 1 N–H and O–H groups in total. The van der Waals surface area contributed by atoms with E-state index >= 15 is 0 Å². The maximum atomic E-state index is 10.5. The van der Waals surface area contributed by atoms with Crippen LogP contribution in [-0.4, -0.2) is 61.2 Å². The summed E-state index contributed by atoms with van der Waals surface area (Å²) in [6, 6.07) is 0.459. The molecule has 2 heterocycles. The molecule has 2 saturated heterocycles. The molecule has 0 bridgehead atoms. The first-order valence-corrected chi connectivity index (χ1v) is 7.27. The lowest BCUT2D eigenvalue weighted by Crippen LogP contribution is -2.52. The second-order valence-corrected chi connectivity index (χ2v) is 5.73. The molecule has 0 saturated carbocycles. The van der Waals surface area contributed by atoms with E-state index in [1.54, 1.807) is 0 Å². The molecule has 2 rings (SSSR count). The topological polar surface area (TPSA) is 41.9 Å². The van der Waals surface area contributed by atoms with Crippen LogP contribution in [0.25, 0.3) is 0 Å². The monoisotopic (exact) mass is 257 g/mol. The average Bonchev–Trinajstić information content (AvgIpc) is 2.77. The Morgan fingerprint density at radius 2 is 2.33 bits per heavy atom. The summed E-state index contributed by atoms with van der Waals surface area (Å²) in [4.78, 5) is 2.48. The van der Waals surface area contributed by atoms with Crippen molar-refractivity contribution in [2.24, 2.45) is 5.92 Å². The molecule has 18 heavy (non-hydrogen) atoms. The minimum Gasteiger partial charge on any atom is -0.390 e. The molecule has 0 aromatic carbocycles. The van der Waals surface area contributed by atoms with Crippen molar-refractivity contribution in [3.8, 4) is 0 Å². The SMILES string of the molecule is CCOCCN1CCC[C@@H]1[C@@H]1COCC[C@]1(C)O. The van der Waals surface area contributed by atoms with Gasteiger partial charge in [-0.15, -0.1) is 0 Å². The van der Waals surface area contributed by atoms with Gasteiger partial charge in [0, 0.05) is 31.7 Å². The predicted octanol–water partition coefficient (Wildman–Crippen LogP) is 1.27. The highest BCUT2D eigenvalue weighted by atomic mass is 16.5. The van der Waals surface area contributed by atoms with Gasteiger partial charge in [-0.2, -0.15) is 0 Å². The number of aliphatic hydroxyl groups is 1. The van der Waals surface area contributed by atoms with Gasteiger partial charge in [0.1, 0.15) is 0 Å². The van der Waals surface area contributed by atoms with E-state index in [1.165, 1.54) is 12.8 Å². The van der Waals surface area contributed by atoms with Crippen molar-refractivity contribution in [1.29, 1.82) is 0 Å². The Balaban J connectivity index is 1.93. The molecule has 106 valence electrons. The molecule has 0 radical (unpaired) electrons. The average molecular weight is 257 g/mol. The Labute approximate surface area is 110 Å². The molecule has 0 aromatic rings. The zero-order valence-electron chi connectivity index (χ0n) is 11.7. The molecule has 4 nitrogen and oxygen atoms in total. The number of rotatable bonds is 5. The van der Waals surface area contributed by atoms with E-state index in [9.17, 15) is 5.11 Å². The second kappa shape index (κ2) is 6.33. The second-order valence-electron chi connectivity index (χ2n) is 5.73. The van der Waals surface area contributed by atoms with Gasteiger partial charge in [0.15, 0.2) is 0 Å². The van der Waals surface area contributed by atoms with Crippen molar-refractivity contribution in [3.63, 3.8) is 0 Å². The molecular weight excluding hydrogens is 230 g/mol. The maximum Gasteiger partial charge on any atom is 0.0706 e. The fourth-order valence-electron chi connectivity index (χ4n) is 3.29. The first-order chi connectivity index (χ1) is 8.65. The van der Waals surface area contributed by atoms with Crippen LogP contribution in [0, 0.1) is 5.92 Å². The minimum atomic E-state index is -0.572. The summed E-state index contributed by atoms with van der Waals surface area (Å²) < 4.78 is 11.0. The van der Waals surface area contributed by atoms with Gasteiger partial charge >= 0.3 is 0 Å². The lowest BCUT2D eigenvalue weighted by molar-refractivity contribution is -0.123. The van der Waals surface area contributed by atoms with Crippen molar-refractivity contribution in [2.45, 2.75) is 44.8 Å². The van der Waals surface area contributed by atoms with E-state index < -0.39 is 5.60 Å². The summed E-state index contributed by atoms with van der Waals surface area (Å²) in [5.41, 5.74) is -0.572. The zero-order valence-corrected chi connectivity index (χ0v) is 11.7. The number of hydrogen-bond acceptors (Lipinski definition) is 4. The summed E-state index contributed by atoms with van der Waals surface area (Å²) in [7, 11) is 0. The lowest BCUT2D eigenvalue weighted by atomic mass is 9.79. The van der Waals surface area contributed by atoms with Gasteiger partial charge in [0.05, 0.1) is 18.8 Å². The third-order valence-corrected chi connectivity index (χ3v) is 4.45. The molecule has 0 unspecified atom stereocenters. The van der Waals surface area contributed by atoms with Crippen LogP contribution in [0.5, 0.6) is 0 Å². The normalized spacial score (nSPS) is 38.2. The van der Waals surface area contributed by atoms with Crippen LogP contribution in [0.3, 0.4) is 0 Å². The largest absolute Gasteiger partial charge is 0.390 e. The summed E-state index contributed by atoms with van der Waals surface area (Å²) >= 11 is 0. The fourth-order valence-corrected chi connectivity index (χ4v) is 3.29. The molecule has 2 aliphatic rings. The maximum absolute atomic E-state index is 10.5. The molecule has 4 heteroatoms. The Morgan fingerprint density at radius 3 is 3.06 bits per heavy atom. The highest BCUT2D eigenvalue weighted by molar-refractivity contribution is 4.96. The molecule has 0 spiro atoms. The third-order valence-electron chi connectivity index (χ3n) is 4.45. The molecule has 0 aliphatic carbocycles. The molecule has 0 aromatic heterocycles. The highest BCUT2D eigenvalue weighted by Crippen LogP contribution is 2.35. The van der Waals surface area contributed by atoms with Crippen LogP contribution in [0.15, 0.2) is 0 Å². The number of likely N-dealkylation sites (tertiary alicyclic amines) is 1. The molecular formula is C14H27NO3.